The van der Waals surface area contributed by atoms with Gasteiger partial charge in [-0.15, -0.1) is 0 Å². The first-order chi connectivity index (χ1) is 18.0. The number of fused-ring (bicyclic) bond motifs is 1. The second-order valence-corrected chi connectivity index (χ2v) is 12.1. The van der Waals surface area contributed by atoms with E-state index in [4.69, 9.17) is 23.2 Å². The van der Waals surface area contributed by atoms with Crippen LogP contribution in [0.1, 0.15) is 39.2 Å². The molecular weight excluding hydrogens is 545 g/mol. The van der Waals surface area contributed by atoms with Crippen molar-refractivity contribution in [3.63, 3.8) is 0 Å². The number of benzene rings is 3. The lowest BCUT2D eigenvalue weighted by atomic mass is 10.1. The highest BCUT2D eigenvalue weighted by Gasteiger charge is 2.32. The van der Waals surface area contributed by atoms with Crippen molar-refractivity contribution in [2.24, 2.45) is 0 Å². The van der Waals surface area contributed by atoms with Gasteiger partial charge in [0.25, 0.3) is 0 Å². The lowest BCUT2D eigenvalue weighted by Gasteiger charge is -2.32. The quantitative estimate of drug-likeness (QED) is 0.326. The molecule has 7 nitrogen and oxygen atoms in total. The highest BCUT2D eigenvalue weighted by atomic mass is 35.5. The second-order valence-electron chi connectivity index (χ2n) is 9.28. The molecular formula is C28H33Cl2N3O4S. The van der Waals surface area contributed by atoms with Crippen LogP contribution >= 0.6 is 23.2 Å². The van der Waals surface area contributed by atoms with Gasteiger partial charge in [0.1, 0.15) is 6.04 Å². The van der Waals surface area contributed by atoms with E-state index in [1.54, 1.807) is 30.3 Å². The normalized spacial score (nSPS) is 13.3. The van der Waals surface area contributed by atoms with E-state index in [1.165, 1.54) is 18.0 Å². The molecule has 0 radical (unpaired) electrons. The van der Waals surface area contributed by atoms with Crippen LogP contribution in [0.4, 0.5) is 0 Å². The van der Waals surface area contributed by atoms with Crippen LogP contribution < -0.4 is 5.32 Å². The Hall–Kier alpha value is -2.65. The molecule has 0 aliphatic carbocycles. The van der Waals surface area contributed by atoms with E-state index in [1.807, 2.05) is 45.0 Å². The van der Waals surface area contributed by atoms with Crippen molar-refractivity contribution >= 4 is 55.8 Å². The third kappa shape index (κ3) is 7.05. The monoisotopic (exact) mass is 577 g/mol. The van der Waals surface area contributed by atoms with Gasteiger partial charge in [0.15, 0.2) is 0 Å². The van der Waals surface area contributed by atoms with Crippen molar-refractivity contribution in [1.82, 2.24) is 14.5 Å². The second kappa shape index (κ2) is 12.9. The van der Waals surface area contributed by atoms with E-state index in [2.05, 4.69) is 5.32 Å². The lowest BCUT2D eigenvalue weighted by molar-refractivity contribution is -0.141. The third-order valence-corrected chi connectivity index (χ3v) is 9.05. The van der Waals surface area contributed by atoms with Crippen LogP contribution in [0.5, 0.6) is 0 Å². The maximum atomic E-state index is 13.6. The standard InChI is InChI=1S/C28H33Cl2N3O4S/c1-5-19(3)31-28(35)26(6-2)33(17-20-11-14-24(29)25(30)15-20)27(34)18-32(4)38(36,37)23-13-12-21-9-7-8-10-22(21)16-23/h7-16,19,26H,5-6,17-18H2,1-4H3,(H,31,35). The van der Waals surface area contributed by atoms with Gasteiger partial charge >= 0.3 is 0 Å². The van der Waals surface area contributed by atoms with Crippen LogP contribution in [0.2, 0.25) is 10.0 Å². The first-order valence-corrected chi connectivity index (χ1v) is 14.7. The summed E-state index contributed by atoms with van der Waals surface area (Å²) < 4.78 is 27.8. The largest absolute Gasteiger partial charge is 0.352 e. The number of hydrogen-bond acceptors (Lipinski definition) is 4. The Bertz CT molecular complexity index is 1410. The van der Waals surface area contributed by atoms with Crippen LogP contribution in [0, 0.1) is 0 Å². The molecule has 0 spiro atoms. The zero-order chi connectivity index (χ0) is 28.0. The molecule has 3 aromatic rings. The number of hydrogen-bond donors (Lipinski definition) is 1. The minimum Gasteiger partial charge on any atom is -0.352 e. The zero-order valence-corrected chi connectivity index (χ0v) is 24.3. The third-order valence-electron chi connectivity index (χ3n) is 6.51. The van der Waals surface area contributed by atoms with Crippen molar-refractivity contribution in [2.75, 3.05) is 13.6 Å². The number of amides is 2. The summed E-state index contributed by atoms with van der Waals surface area (Å²) in [7, 11) is -2.61. The highest BCUT2D eigenvalue weighted by molar-refractivity contribution is 7.89. The van der Waals surface area contributed by atoms with Gasteiger partial charge in [0, 0.05) is 19.6 Å². The number of carbonyl (C=O) groups excluding carboxylic acids is 2. The molecule has 38 heavy (non-hydrogen) atoms. The number of nitrogens with zero attached hydrogens (tertiary/aromatic N) is 2. The fourth-order valence-electron chi connectivity index (χ4n) is 4.07. The maximum Gasteiger partial charge on any atom is 0.243 e. The SMILES string of the molecule is CCC(C)NC(=O)C(CC)N(Cc1ccc(Cl)c(Cl)c1)C(=O)CN(C)S(=O)(=O)c1ccc2ccccc2c1. The van der Waals surface area contributed by atoms with Gasteiger partial charge in [0.05, 0.1) is 21.5 Å². The van der Waals surface area contributed by atoms with Crippen molar-refractivity contribution in [3.05, 3.63) is 76.3 Å². The molecule has 2 atom stereocenters. The van der Waals surface area contributed by atoms with E-state index >= 15 is 0 Å². The summed E-state index contributed by atoms with van der Waals surface area (Å²) in [6.45, 7) is 5.28. The zero-order valence-electron chi connectivity index (χ0n) is 21.9. The molecule has 10 heteroatoms. The van der Waals surface area contributed by atoms with Crippen LogP contribution in [0.25, 0.3) is 10.8 Å². The molecule has 0 aromatic heterocycles. The topological polar surface area (TPSA) is 86.8 Å². The average molecular weight is 579 g/mol. The number of carbonyl (C=O) groups is 2. The Labute approximate surface area is 234 Å². The molecule has 0 aliphatic heterocycles. The van der Waals surface area contributed by atoms with Gasteiger partial charge in [-0.2, -0.15) is 4.31 Å². The summed E-state index contributed by atoms with van der Waals surface area (Å²) in [5.74, 6) is -0.801. The molecule has 0 aliphatic rings. The number of rotatable bonds is 11. The number of halogens is 2. The molecule has 0 heterocycles. The summed E-state index contributed by atoms with van der Waals surface area (Å²) in [6, 6.07) is 16.4. The molecule has 2 amide bonds. The molecule has 1 N–H and O–H groups in total. The van der Waals surface area contributed by atoms with E-state index in [0.29, 0.717) is 22.0 Å². The van der Waals surface area contributed by atoms with Gasteiger partial charge in [-0.05, 0) is 60.4 Å². The molecule has 0 saturated heterocycles. The molecule has 2 unspecified atom stereocenters. The van der Waals surface area contributed by atoms with Gasteiger partial charge in [-0.1, -0.05) is 73.4 Å². The summed E-state index contributed by atoms with van der Waals surface area (Å²) in [4.78, 5) is 28.3. The van der Waals surface area contributed by atoms with Gasteiger partial charge < -0.3 is 10.2 Å². The van der Waals surface area contributed by atoms with Crippen molar-refractivity contribution in [1.29, 1.82) is 0 Å². The van der Waals surface area contributed by atoms with E-state index < -0.39 is 28.5 Å². The van der Waals surface area contributed by atoms with Crippen molar-refractivity contribution in [2.45, 2.75) is 57.1 Å². The molecule has 204 valence electrons. The fourth-order valence-corrected chi connectivity index (χ4v) is 5.55. The van der Waals surface area contributed by atoms with E-state index in [9.17, 15) is 18.0 Å². The Morgan fingerprint density at radius 3 is 2.24 bits per heavy atom. The fraction of sp³-hybridized carbons (Fsp3) is 0.357. The van der Waals surface area contributed by atoms with Crippen molar-refractivity contribution < 1.29 is 18.0 Å². The molecule has 0 saturated carbocycles. The predicted octanol–water partition coefficient (Wildman–Crippen LogP) is 5.49. The maximum absolute atomic E-state index is 13.6. The minimum absolute atomic E-state index is 0.0615. The van der Waals surface area contributed by atoms with Crippen LogP contribution in [-0.4, -0.2) is 55.1 Å². The summed E-state index contributed by atoms with van der Waals surface area (Å²) in [5, 5.41) is 5.32. The smallest absolute Gasteiger partial charge is 0.243 e. The Balaban J connectivity index is 1.90. The van der Waals surface area contributed by atoms with E-state index in [-0.39, 0.29) is 23.4 Å². The summed E-state index contributed by atoms with van der Waals surface area (Å²) in [5.41, 5.74) is 0.669. The summed E-state index contributed by atoms with van der Waals surface area (Å²) in [6.07, 6.45) is 1.08. The summed E-state index contributed by atoms with van der Waals surface area (Å²) >= 11 is 12.2. The Kier molecular flexibility index (Phi) is 10.2. The van der Waals surface area contributed by atoms with Crippen LogP contribution in [0.3, 0.4) is 0 Å². The molecule has 0 bridgehead atoms. The molecule has 3 aromatic carbocycles. The van der Waals surface area contributed by atoms with Crippen LogP contribution in [-0.2, 0) is 26.2 Å². The average Bonchev–Trinajstić information content (AvgIpc) is 2.89. The van der Waals surface area contributed by atoms with E-state index in [0.717, 1.165) is 21.5 Å². The van der Waals surface area contributed by atoms with Gasteiger partial charge in [0.2, 0.25) is 21.8 Å². The van der Waals surface area contributed by atoms with Gasteiger partial charge in [-0.3, -0.25) is 9.59 Å². The number of likely N-dealkylation sites (N-methyl/N-ethyl adjacent to an activating group) is 1. The predicted molar refractivity (Wildman–Crippen MR) is 153 cm³/mol. The molecule has 3 rings (SSSR count). The van der Waals surface area contributed by atoms with Crippen molar-refractivity contribution in [3.8, 4) is 0 Å². The van der Waals surface area contributed by atoms with Gasteiger partial charge in [-0.25, -0.2) is 8.42 Å². The minimum atomic E-state index is -3.97. The lowest BCUT2D eigenvalue weighted by Crippen LogP contribution is -2.53. The number of sulfonamides is 1. The molecule has 0 fully saturated rings. The first-order valence-electron chi connectivity index (χ1n) is 12.5. The Morgan fingerprint density at radius 1 is 0.921 bits per heavy atom. The van der Waals surface area contributed by atoms with Crippen LogP contribution in [0.15, 0.2) is 65.6 Å². The highest BCUT2D eigenvalue weighted by Crippen LogP contribution is 2.25. The Morgan fingerprint density at radius 2 is 1.61 bits per heavy atom. The first kappa shape index (κ1) is 29.9. The number of nitrogens with one attached hydrogen (secondary N) is 1.